The van der Waals surface area contributed by atoms with E-state index in [1.54, 1.807) is 42.8 Å². The van der Waals surface area contributed by atoms with Crippen LogP contribution in [0.5, 0.6) is 5.75 Å². The first-order valence-electron chi connectivity index (χ1n) is 25.4. The second-order valence-corrected chi connectivity index (χ2v) is 20.2. The number of hydrogen-bond acceptors (Lipinski definition) is 13. The Balaban J connectivity index is 1.03. The molecular formula is C63H52F2N6O7S2. The molecule has 2 aliphatic rings. The number of alkyl halides is 2. The first-order chi connectivity index (χ1) is 39.2. The van der Waals surface area contributed by atoms with Crippen LogP contribution in [0.2, 0.25) is 0 Å². The predicted octanol–water partition coefficient (Wildman–Crippen LogP) is 11.5. The Labute approximate surface area is 469 Å². The number of halogens is 2. The number of allylic oxidation sites excluding steroid dienone is 1. The number of rotatable bonds is 22. The first-order valence-corrected chi connectivity index (χ1v) is 27.3. The lowest BCUT2D eigenvalue weighted by atomic mass is 9.77. The maximum Gasteiger partial charge on any atom is 0.355 e. The van der Waals surface area contributed by atoms with Gasteiger partial charge < -0.3 is 29.8 Å². The van der Waals surface area contributed by atoms with Crippen LogP contribution >= 0.6 is 23.1 Å². The number of carbonyl (C=O) groups is 3. The molecule has 0 saturated carbocycles. The molecule has 80 heavy (non-hydrogen) atoms. The third-order valence-electron chi connectivity index (χ3n) is 13.4. The highest BCUT2D eigenvalue weighted by Gasteiger charge is 2.55. The summed E-state index contributed by atoms with van der Waals surface area (Å²) in [7, 11) is 1.54. The third-order valence-corrected chi connectivity index (χ3v) is 15.5. The summed E-state index contributed by atoms with van der Waals surface area (Å²) in [5, 5.41) is 16.2. The maximum absolute atomic E-state index is 15.4. The number of fused-ring (bicyclic) bond motifs is 1. The quantitative estimate of drug-likeness (QED) is 0.0167. The minimum atomic E-state index is -2.80. The van der Waals surface area contributed by atoms with Crippen LogP contribution in [0.3, 0.4) is 0 Å². The van der Waals surface area contributed by atoms with Crippen molar-refractivity contribution in [3.8, 4) is 5.75 Å². The fourth-order valence-electron chi connectivity index (χ4n) is 9.65. The van der Waals surface area contributed by atoms with Crippen molar-refractivity contribution in [1.29, 1.82) is 0 Å². The number of thioether (sulfide) groups is 1. The minimum Gasteiger partial charge on any atom is -0.497 e. The lowest BCUT2D eigenvalue weighted by Crippen LogP contribution is -2.71. The van der Waals surface area contributed by atoms with Crippen LogP contribution in [0.4, 0.5) is 13.9 Å². The molecular weight excluding hydrogens is 1050 g/mol. The van der Waals surface area contributed by atoms with Crippen molar-refractivity contribution in [3.05, 3.63) is 280 Å². The molecule has 2 atom stereocenters. The number of methoxy groups -OCH3 is 1. The van der Waals surface area contributed by atoms with E-state index in [1.807, 2.05) is 146 Å². The van der Waals surface area contributed by atoms with E-state index in [1.165, 1.54) is 34.1 Å². The summed E-state index contributed by atoms with van der Waals surface area (Å²) >= 11 is 2.57. The maximum atomic E-state index is 15.4. The van der Waals surface area contributed by atoms with E-state index in [0.717, 1.165) is 33.4 Å². The van der Waals surface area contributed by atoms with E-state index in [2.05, 4.69) is 52.2 Å². The molecule has 2 aliphatic heterocycles. The van der Waals surface area contributed by atoms with Gasteiger partial charge in [-0.1, -0.05) is 211 Å². The number of aromatic nitrogens is 1. The lowest BCUT2D eigenvalue weighted by molar-refractivity contribution is -0.153. The van der Waals surface area contributed by atoms with Gasteiger partial charge in [0.25, 0.3) is 18.2 Å². The first kappa shape index (κ1) is 54.2. The smallest absolute Gasteiger partial charge is 0.355 e. The van der Waals surface area contributed by atoms with Crippen molar-refractivity contribution in [2.24, 2.45) is 10.3 Å². The molecule has 402 valence electrons. The van der Waals surface area contributed by atoms with Crippen LogP contribution < -0.4 is 15.4 Å². The molecule has 2 amide bonds. The van der Waals surface area contributed by atoms with Crippen LogP contribution in [0.1, 0.15) is 44.6 Å². The predicted molar refractivity (Wildman–Crippen MR) is 306 cm³/mol. The summed E-state index contributed by atoms with van der Waals surface area (Å²) in [5.41, 5.74) is 3.53. The van der Waals surface area contributed by atoms with Crippen LogP contribution in [0.25, 0.3) is 0 Å². The molecule has 1 saturated heterocycles. The Morgan fingerprint density at radius 1 is 0.738 bits per heavy atom. The average molecular weight is 1110 g/mol. The molecule has 2 N–H and O–H groups in total. The van der Waals surface area contributed by atoms with Crippen LogP contribution in [-0.2, 0) is 46.5 Å². The number of hydrogen-bond donors (Lipinski definition) is 2. The van der Waals surface area contributed by atoms with Gasteiger partial charge in [0.15, 0.2) is 10.8 Å². The Bertz CT molecular complexity index is 3330. The van der Waals surface area contributed by atoms with E-state index in [0.29, 0.717) is 28.2 Å². The Kier molecular flexibility index (Phi) is 17.0. The highest BCUT2D eigenvalue weighted by atomic mass is 32.2. The van der Waals surface area contributed by atoms with E-state index in [4.69, 9.17) is 29.3 Å². The summed E-state index contributed by atoms with van der Waals surface area (Å²) in [6, 6.07) is 64.7. The number of ether oxygens (including phenoxy) is 2. The van der Waals surface area contributed by atoms with Gasteiger partial charge in [0.1, 0.15) is 53.5 Å². The summed E-state index contributed by atoms with van der Waals surface area (Å²) in [5.74, 6) is -1.36. The minimum absolute atomic E-state index is 0.0466. The summed E-state index contributed by atoms with van der Waals surface area (Å²) in [6.07, 6.45) is 0.605. The fourth-order valence-corrected chi connectivity index (χ4v) is 11.7. The number of carbonyl (C=O) groups excluding carboxylic acids is 3. The van der Waals surface area contributed by atoms with Crippen molar-refractivity contribution in [2.75, 3.05) is 24.8 Å². The molecule has 0 aliphatic carbocycles. The molecule has 7 aromatic carbocycles. The number of nitrogens with zero attached hydrogens (tertiary/aromatic N) is 4. The molecule has 0 spiro atoms. The van der Waals surface area contributed by atoms with Crippen molar-refractivity contribution < 1.29 is 42.3 Å². The summed E-state index contributed by atoms with van der Waals surface area (Å²) < 4.78 is 36.4. The molecule has 17 heteroatoms. The number of amides is 2. The zero-order chi connectivity index (χ0) is 55.3. The van der Waals surface area contributed by atoms with E-state index < -0.39 is 46.8 Å². The third kappa shape index (κ3) is 11.5. The fraction of sp³-hybridized carbons (Fsp3) is 0.143. The Morgan fingerprint density at radius 3 is 1.75 bits per heavy atom. The van der Waals surface area contributed by atoms with E-state index in [-0.39, 0.29) is 36.1 Å². The van der Waals surface area contributed by atoms with Gasteiger partial charge in [-0.2, -0.15) is 0 Å². The Hall–Kier alpha value is -9.19. The molecule has 1 fully saturated rings. The molecule has 0 unspecified atom stereocenters. The monoisotopic (exact) mass is 1110 g/mol. The lowest BCUT2D eigenvalue weighted by Gasteiger charge is -2.49. The standard InChI is InChI=1S/C63H52F2N6O7S2/c1-75-51-36-34-43(35-37-51)40-76-60(74)56-44(21-20-38-77-66-39-53(64)65)41-79-59-55(58(73)71(56)59)68-57(72)54(70-78-63(48-28-14-5-15-29-48,49-30-16-6-17-31-49)50-32-18-7-19-33-50)52-42-80-61(67-52)69-62(45-22-8-2-9-23-45,46-24-10-3-11-25-46)47-26-12-4-13-27-47/h2-37,39,42,53,55,59H,38,40-41H2,1H3,(H,67,69)(H,68,72)/b21-20-,66-39?,70-54-/t55-,59-/m1/s1. The molecule has 10 rings (SSSR count). The summed E-state index contributed by atoms with van der Waals surface area (Å²) in [6.45, 7) is -0.329. The molecule has 0 bridgehead atoms. The number of anilines is 1. The van der Waals surface area contributed by atoms with Crippen molar-refractivity contribution in [2.45, 2.75) is 35.6 Å². The van der Waals surface area contributed by atoms with E-state index >= 15 is 4.79 Å². The topological polar surface area (TPSA) is 153 Å². The summed E-state index contributed by atoms with van der Waals surface area (Å²) in [4.78, 5) is 62.4. The number of oxime groups is 2. The number of thiazole rings is 1. The molecule has 1 aromatic heterocycles. The van der Waals surface area contributed by atoms with Gasteiger partial charge in [0.2, 0.25) is 5.60 Å². The number of nitrogens with one attached hydrogen (secondary N) is 2. The van der Waals surface area contributed by atoms with Gasteiger partial charge in [-0.15, -0.1) is 23.1 Å². The molecule has 0 radical (unpaired) electrons. The zero-order valence-electron chi connectivity index (χ0n) is 43.0. The van der Waals surface area contributed by atoms with Gasteiger partial charge in [0, 0.05) is 27.8 Å². The number of benzene rings is 7. The van der Waals surface area contributed by atoms with Gasteiger partial charge in [0.05, 0.1) is 7.11 Å². The normalized spacial score (nSPS) is 15.6. The highest BCUT2D eigenvalue weighted by molar-refractivity contribution is 8.00. The van der Waals surface area contributed by atoms with Crippen LogP contribution in [-0.4, -0.2) is 76.9 Å². The second-order valence-electron chi connectivity index (χ2n) is 18.3. The van der Waals surface area contributed by atoms with E-state index in [9.17, 15) is 18.4 Å². The van der Waals surface area contributed by atoms with Crippen molar-refractivity contribution >= 4 is 57.9 Å². The van der Waals surface area contributed by atoms with Gasteiger partial charge >= 0.3 is 5.97 Å². The molecule has 3 heterocycles. The molecule has 8 aromatic rings. The van der Waals surface area contributed by atoms with Crippen molar-refractivity contribution in [3.63, 3.8) is 0 Å². The van der Waals surface area contributed by atoms with Crippen LogP contribution in [0.15, 0.2) is 245 Å². The van der Waals surface area contributed by atoms with Gasteiger partial charge in [-0.3, -0.25) is 14.5 Å². The van der Waals surface area contributed by atoms with Crippen molar-refractivity contribution in [1.82, 2.24) is 15.2 Å². The van der Waals surface area contributed by atoms with Gasteiger partial charge in [-0.05, 0) is 46.0 Å². The largest absolute Gasteiger partial charge is 0.497 e. The van der Waals surface area contributed by atoms with Gasteiger partial charge in [-0.25, -0.2) is 18.6 Å². The SMILES string of the molecule is COc1ccc(COC(=O)C2=C(/C=C\CON=CC(F)F)CS[C@@H]3[C@H](NC(=O)/C(=N\OC(c4ccccc4)(c4ccccc4)c4ccccc4)c4csc(NC(c5ccccc5)(c5ccccc5)c5ccccc5)n4)C(=O)N23)cc1. The molecule has 13 nitrogen and oxygen atoms in total. The number of esters is 1. The zero-order valence-corrected chi connectivity index (χ0v) is 44.6. The number of β-lactam (4-membered cyclic amide) rings is 1. The second kappa shape index (κ2) is 25.1. The Morgan fingerprint density at radius 2 is 1.25 bits per heavy atom. The van der Waals surface area contributed by atoms with Crippen LogP contribution in [0, 0.1) is 0 Å². The highest BCUT2D eigenvalue weighted by Crippen LogP contribution is 2.44. The average Bonchev–Trinajstić information content (AvgIpc) is 4.05.